The smallest absolute Gasteiger partial charge is 0.275 e. The second-order valence-corrected chi connectivity index (χ2v) is 6.18. The van der Waals surface area contributed by atoms with Crippen LogP contribution in [0.15, 0.2) is 35.1 Å². The van der Waals surface area contributed by atoms with Gasteiger partial charge in [0.25, 0.3) is 11.5 Å². The predicted octanol–water partition coefficient (Wildman–Crippen LogP) is 0.309. The molecule has 1 aliphatic heterocycles. The molecular formula is C18H22N4O4. The highest BCUT2D eigenvalue weighted by atomic mass is 16.5. The maximum Gasteiger partial charge on any atom is 0.275 e. The summed E-state index contributed by atoms with van der Waals surface area (Å²) in [7, 11) is 0. The van der Waals surface area contributed by atoms with Crippen molar-refractivity contribution in [3.8, 4) is 11.4 Å². The van der Waals surface area contributed by atoms with Gasteiger partial charge in [-0.15, -0.1) is 0 Å². The summed E-state index contributed by atoms with van der Waals surface area (Å²) in [5.41, 5.74) is 0.823. The molecule has 8 nitrogen and oxygen atoms in total. The van der Waals surface area contributed by atoms with Crippen molar-refractivity contribution >= 4 is 5.91 Å². The van der Waals surface area contributed by atoms with Gasteiger partial charge >= 0.3 is 0 Å². The van der Waals surface area contributed by atoms with Crippen LogP contribution in [0, 0.1) is 6.92 Å². The number of nitrogens with one attached hydrogen (secondary N) is 1. The van der Waals surface area contributed by atoms with Crippen LogP contribution >= 0.6 is 0 Å². The van der Waals surface area contributed by atoms with E-state index in [1.54, 1.807) is 18.2 Å². The van der Waals surface area contributed by atoms with Crippen molar-refractivity contribution in [1.82, 2.24) is 20.0 Å². The van der Waals surface area contributed by atoms with Crippen LogP contribution in [0.4, 0.5) is 0 Å². The Balaban J connectivity index is 1.73. The molecule has 0 saturated carbocycles. The van der Waals surface area contributed by atoms with Crippen molar-refractivity contribution in [2.24, 2.45) is 0 Å². The Morgan fingerprint density at radius 3 is 2.81 bits per heavy atom. The number of amides is 1. The molecule has 1 aliphatic rings. The predicted molar refractivity (Wildman–Crippen MR) is 95.8 cm³/mol. The third-order valence-electron chi connectivity index (χ3n) is 4.19. The van der Waals surface area contributed by atoms with Gasteiger partial charge in [0.05, 0.1) is 18.9 Å². The van der Waals surface area contributed by atoms with Gasteiger partial charge in [0.15, 0.2) is 11.4 Å². The van der Waals surface area contributed by atoms with Gasteiger partial charge in [-0.1, -0.05) is 12.1 Å². The molecule has 0 bridgehead atoms. The number of carbonyl (C=O) groups is 1. The molecule has 1 fully saturated rings. The lowest BCUT2D eigenvalue weighted by Gasteiger charge is -2.26. The number of aromatic hydroxyl groups is 1. The van der Waals surface area contributed by atoms with Crippen molar-refractivity contribution in [3.05, 3.63) is 51.9 Å². The lowest BCUT2D eigenvalue weighted by Crippen LogP contribution is -2.41. The molecule has 2 aromatic rings. The monoisotopic (exact) mass is 358 g/mol. The highest BCUT2D eigenvalue weighted by Crippen LogP contribution is 2.13. The number of rotatable bonds is 5. The van der Waals surface area contributed by atoms with Crippen LogP contribution in [-0.4, -0.2) is 65.1 Å². The first-order chi connectivity index (χ1) is 12.5. The second kappa shape index (κ2) is 8.11. The molecule has 0 aliphatic carbocycles. The molecule has 0 radical (unpaired) electrons. The third-order valence-corrected chi connectivity index (χ3v) is 4.19. The van der Waals surface area contributed by atoms with Crippen LogP contribution in [0.3, 0.4) is 0 Å². The van der Waals surface area contributed by atoms with E-state index in [9.17, 15) is 14.7 Å². The van der Waals surface area contributed by atoms with Gasteiger partial charge in [0.2, 0.25) is 0 Å². The number of aromatic nitrogens is 2. The Morgan fingerprint density at radius 2 is 2.08 bits per heavy atom. The first-order valence-corrected chi connectivity index (χ1v) is 8.53. The fourth-order valence-corrected chi connectivity index (χ4v) is 2.79. The zero-order valence-corrected chi connectivity index (χ0v) is 14.6. The molecule has 0 spiro atoms. The molecule has 1 saturated heterocycles. The van der Waals surface area contributed by atoms with E-state index in [2.05, 4.69) is 15.3 Å². The first kappa shape index (κ1) is 18.1. The number of carbonyl (C=O) groups excluding carboxylic acids is 1. The quantitative estimate of drug-likeness (QED) is 0.798. The van der Waals surface area contributed by atoms with Crippen molar-refractivity contribution in [2.75, 3.05) is 39.4 Å². The van der Waals surface area contributed by atoms with E-state index in [0.717, 1.165) is 29.4 Å². The summed E-state index contributed by atoms with van der Waals surface area (Å²) < 4.78 is 6.40. The number of benzene rings is 1. The van der Waals surface area contributed by atoms with E-state index in [-0.39, 0.29) is 5.69 Å². The van der Waals surface area contributed by atoms with Gasteiger partial charge in [-0.3, -0.25) is 14.5 Å². The molecule has 0 unspecified atom stereocenters. The Kier molecular flexibility index (Phi) is 5.65. The number of hydrogen-bond acceptors (Lipinski definition) is 6. The zero-order chi connectivity index (χ0) is 18.5. The molecule has 26 heavy (non-hydrogen) atoms. The summed E-state index contributed by atoms with van der Waals surface area (Å²) in [5.74, 6) is -0.945. The van der Waals surface area contributed by atoms with Crippen LogP contribution in [0.25, 0.3) is 5.69 Å². The Hall–Kier alpha value is -2.71. The summed E-state index contributed by atoms with van der Waals surface area (Å²) in [5, 5.41) is 16.8. The minimum absolute atomic E-state index is 0.173. The Bertz CT molecular complexity index is 843. The number of aryl methyl sites for hydroxylation is 1. The van der Waals surface area contributed by atoms with Crippen molar-refractivity contribution in [1.29, 1.82) is 0 Å². The van der Waals surface area contributed by atoms with Crippen molar-refractivity contribution in [2.45, 2.75) is 6.92 Å². The van der Waals surface area contributed by atoms with Gasteiger partial charge in [-0.2, -0.15) is 9.78 Å². The summed E-state index contributed by atoms with van der Waals surface area (Å²) >= 11 is 0. The summed E-state index contributed by atoms with van der Waals surface area (Å²) in [6, 6.07) is 8.21. The maximum absolute atomic E-state index is 12.4. The molecule has 2 heterocycles. The fraction of sp³-hybridized carbons (Fsp3) is 0.389. The topological polar surface area (TPSA) is 96.7 Å². The summed E-state index contributed by atoms with van der Waals surface area (Å²) in [6.07, 6.45) is 0. The molecule has 0 atom stereocenters. The molecule has 1 amide bonds. The van der Waals surface area contributed by atoms with Crippen LogP contribution < -0.4 is 10.9 Å². The second-order valence-electron chi connectivity index (χ2n) is 6.18. The van der Waals surface area contributed by atoms with Gasteiger partial charge in [-0.25, -0.2) is 0 Å². The van der Waals surface area contributed by atoms with E-state index in [0.29, 0.717) is 32.0 Å². The van der Waals surface area contributed by atoms with Crippen LogP contribution in [0.5, 0.6) is 5.75 Å². The van der Waals surface area contributed by atoms with Crippen LogP contribution in [0.2, 0.25) is 0 Å². The minimum atomic E-state index is -0.517. The molecule has 2 N–H and O–H groups in total. The fourth-order valence-electron chi connectivity index (χ4n) is 2.79. The molecule has 1 aromatic carbocycles. The minimum Gasteiger partial charge on any atom is -0.505 e. The highest BCUT2D eigenvalue weighted by molar-refractivity contribution is 5.94. The Labute approximate surface area is 151 Å². The molecule has 3 rings (SSSR count). The number of ether oxygens (including phenoxy) is 1. The molecule has 1 aromatic heterocycles. The summed E-state index contributed by atoms with van der Waals surface area (Å²) in [6.45, 7) is 6.05. The van der Waals surface area contributed by atoms with E-state index in [1.807, 2.05) is 13.0 Å². The van der Waals surface area contributed by atoms with Gasteiger partial charge in [0, 0.05) is 32.2 Å². The average Bonchev–Trinajstić information content (AvgIpc) is 2.62. The van der Waals surface area contributed by atoms with Gasteiger partial charge in [-0.05, 0) is 24.6 Å². The molecular weight excluding hydrogens is 336 g/mol. The highest BCUT2D eigenvalue weighted by Gasteiger charge is 2.17. The number of morpholine rings is 1. The van der Waals surface area contributed by atoms with Gasteiger partial charge in [0.1, 0.15) is 0 Å². The van der Waals surface area contributed by atoms with Crippen molar-refractivity contribution in [3.63, 3.8) is 0 Å². The van der Waals surface area contributed by atoms with E-state index >= 15 is 0 Å². The average molecular weight is 358 g/mol. The normalized spacial score (nSPS) is 15.0. The van der Waals surface area contributed by atoms with Crippen LogP contribution in [-0.2, 0) is 4.74 Å². The number of nitrogens with zero attached hydrogens (tertiary/aromatic N) is 3. The lowest BCUT2D eigenvalue weighted by atomic mass is 10.2. The third kappa shape index (κ3) is 4.27. The van der Waals surface area contributed by atoms with Crippen molar-refractivity contribution < 1.29 is 14.6 Å². The van der Waals surface area contributed by atoms with Gasteiger partial charge < -0.3 is 15.2 Å². The van der Waals surface area contributed by atoms with E-state index in [4.69, 9.17) is 4.74 Å². The van der Waals surface area contributed by atoms with Crippen LogP contribution in [0.1, 0.15) is 16.1 Å². The Morgan fingerprint density at radius 1 is 1.31 bits per heavy atom. The molecule has 8 heteroatoms. The SMILES string of the molecule is Cc1cccc(-n2nc(C(=O)NCCN3CCOCC3)c(O)cc2=O)c1. The van der Waals surface area contributed by atoms with E-state index in [1.165, 1.54) is 0 Å². The summed E-state index contributed by atoms with van der Waals surface area (Å²) in [4.78, 5) is 26.7. The zero-order valence-electron chi connectivity index (χ0n) is 14.6. The largest absolute Gasteiger partial charge is 0.505 e. The first-order valence-electron chi connectivity index (χ1n) is 8.53. The molecule has 138 valence electrons. The maximum atomic E-state index is 12.4. The van der Waals surface area contributed by atoms with E-state index < -0.39 is 17.2 Å². The lowest BCUT2D eigenvalue weighted by molar-refractivity contribution is 0.0383. The number of hydrogen-bond donors (Lipinski definition) is 2. The standard InChI is InChI=1S/C18H22N4O4/c1-13-3-2-4-14(11-13)22-16(24)12-15(23)17(20-22)18(25)19-5-6-21-7-9-26-10-8-21/h2-4,11-12,23H,5-10H2,1H3,(H,19,25).